The lowest BCUT2D eigenvalue weighted by molar-refractivity contribution is -0.126. The largest absolute Gasteiger partial charge is 0.496 e. The first kappa shape index (κ1) is 25.2. The molecule has 1 fully saturated rings. The first-order chi connectivity index (χ1) is 17.9. The van der Waals surface area contributed by atoms with E-state index in [0.29, 0.717) is 35.8 Å². The molecule has 7 nitrogen and oxygen atoms in total. The molecule has 2 aromatic carbocycles. The molecule has 0 bridgehead atoms. The van der Waals surface area contributed by atoms with E-state index in [4.69, 9.17) is 21.3 Å². The maximum absolute atomic E-state index is 13.7. The third-order valence-electron chi connectivity index (χ3n) is 7.24. The molecule has 0 atom stereocenters. The molecule has 5 rings (SSSR count). The molecule has 1 aromatic heterocycles. The summed E-state index contributed by atoms with van der Waals surface area (Å²) in [5.74, 6) is 0.418. The molecule has 192 valence electrons. The number of carbonyl (C=O) groups excluding carboxylic acids is 2. The van der Waals surface area contributed by atoms with Crippen molar-refractivity contribution in [1.29, 1.82) is 0 Å². The van der Waals surface area contributed by atoms with E-state index in [-0.39, 0.29) is 17.9 Å². The molecule has 1 saturated heterocycles. The summed E-state index contributed by atoms with van der Waals surface area (Å²) < 4.78 is 5.39. The van der Waals surface area contributed by atoms with Crippen LogP contribution in [0.15, 0.2) is 48.5 Å². The Labute approximate surface area is 222 Å². The van der Waals surface area contributed by atoms with Crippen molar-refractivity contribution in [3.63, 3.8) is 0 Å². The van der Waals surface area contributed by atoms with E-state index in [1.807, 2.05) is 24.3 Å². The zero-order valence-electron chi connectivity index (χ0n) is 21.2. The number of amides is 2. The molecule has 2 amide bonds. The number of rotatable bonds is 5. The van der Waals surface area contributed by atoms with Crippen LogP contribution >= 0.6 is 11.6 Å². The average Bonchev–Trinajstić information content (AvgIpc) is 2.91. The van der Waals surface area contributed by atoms with Crippen LogP contribution in [0.2, 0.25) is 5.02 Å². The highest BCUT2D eigenvalue weighted by Crippen LogP contribution is 2.29. The molecule has 0 saturated carbocycles. The van der Waals surface area contributed by atoms with Crippen molar-refractivity contribution < 1.29 is 14.3 Å². The number of carbonyl (C=O) groups is 2. The fourth-order valence-corrected chi connectivity index (χ4v) is 5.33. The van der Waals surface area contributed by atoms with Gasteiger partial charge in [0.2, 0.25) is 5.91 Å². The van der Waals surface area contributed by atoms with Crippen molar-refractivity contribution in [2.24, 2.45) is 0 Å². The number of piperidine rings is 1. The average molecular weight is 519 g/mol. The Morgan fingerprint density at radius 3 is 2.70 bits per heavy atom. The molecule has 2 aliphatic rings. The topological polar surface area (TPSA) is 74.8 Å². The molecule has 2 aliphatic heterocycles. The molecule has 0 unspecified atom stereocenters. The van der Waals surface area contributed by atoms with E-state index >= 15 is 0 Å². The summed E-state index contributed by atoms with van der Waals surface area (Å²) in [5.41, 5.74) is 3.89. The number of halogens is 1. The predicted octanol–water partition coefficient (Wildman–Crippen LogP) is 4.32. The number of nitrogens with one attached hydrogen (secondary N) is 1. The number of hydrogen-bond acceptors (Lipinski definition) is 5. The highest BCUT2D eigenvalue weighted by molar-refractivity contribution is 6.30. The molecule has 0 aliphatic carbocycles. The second-order valence-electron chi connectivity index (χ2n) is 9.71. The van der Waals surface area contributed by atoms with Gasteiger partial charge in [0.15, 0.2) is 0 Å². The Hall–Kier alpha value is -3.42. The molecular formula is C29H31ClN4O3. The third-order valence-corrected chi connectivity index (χ3v) is 7.47. The monoisotopic (exact) mass is 518 g/mol. The molecule has 37 heavy (non-hydrogen) atoms. The van der Waals surface area contributed by atoms with Crippen LogP contribution < -0.4 is 10.1 Å². The van der Waals surface area contributed by atoms with Crippen LogP contribution in [0.3, 0.4) is 0 Å². The number of methoxy groups -OCH3 is 1. The minimum absolute atomic E-state index is 0.0853. The highest BCUT2D eigenvalue weighted by atomic mass is 35.5. The number of para-hydroxylation sites is 1. The fraction of sp³-hybridized carbons (Fsp3) is 0.345. The smallest absolute Gasteiger partial charge is 0.252 e. The second-order valence-corrected chi connectivity index (χ2v) is 10.1. The number of likely N-dealkylation sites (tertiary alicyclic amines) is 1. The Bertz CT molecular complexity index is 1360. The van der Waals surface area contributed by atoms with Crippen molar-refractivity contribution >= 4 is 40.4 Å². The number of hydrogen-bond donors (Lipinski definition) is 1. The van der Waals surface area contributed by atoms with E-state index < -0.39 is 0 Å². The minimum atomic E-state index is -0.137. The van der Waals surface area contributed by atoms with Gasteiger partial charge >= 0.3 is 0 Å². The van der Waals surface area contributed by atoms with Gasteiger partial charge in [-0.15, -0.1) is 0 Å². The summed E-state index contributed by atoms with van der Waals surface area (Å²) in [6, 6.07) is 13.2. The van der Waals surface area contributed by atoms with Crippen LogP contribution in [-0.4, -0.2) is 66.4 Å². The van der Waals surface area contributed by atoms with E-state index in [1.54, 1.807) is 36.3 Å². The number of pyridine rings is 1. The van der Waals surface area contributed by atoms with Gasteiger partial charge in [-0.05, 0) is 63.3 Å². The predicted molar refractivity (Wildman–Crippen MR) is 146 cm³/mol. The Kier molecular flexibility index (Phi) is 7.44. The van der Waals surface area contributed by atoms with Gasteiger partial charge in [0, 0.05) is 58.9 Å². The van der Waals surface area contributed by atoms with Crippen LogP contribution in [0.1, 0.15) is 40.0 Å². The van der Waals surface area contributed by atoms with Crippen molar-refractivity contribution in [2.45, 2.75) is 31.8 Å². The van der Waals surface area contributed by atoms with Crippen molar-refractivity contribution in [1.82, 2.24) is 20.1 Å². The quantitative estimate of drug-likeness (QED) is 0.509. The first-order valence-electron chi connectivity index (χ1n) is 12.6. The summed E-state index contributed by atoms with van der Waals surface area (Å²) in [4.78, 5) is 35.8. The number of benzene rings is 2. The Morgan fingerprint density at radius 2 is 1.92 bits per heavy atom. The van der Waals surface area contributed by atoms with Crippen molar-refractivity contribution in [3.05, 3.63) is 75.9 Å². The lowest BCUT2D eigenvalue weighted by Crippen LogP contribution is -2.44. The molecule has 1 N–H and O–H groups in total. The lowest BCUT2D eigenvalue weighted by atomic mass is 9.94. The normalized spacial score (nSPS) is 16.7. The van der Waals surface area contributed by atoms with E-state index in [1.165, 1.54) is 6.08 Å². The summed E-state index contributed by atoms with van der Waals surface area (Å²) in [5, 5.41) is 4.66. The summed E-state index contributed by atoms with van der Waals surface area (Å²) in [6.07, 6.45) is 5.70. The zero-order valence-corrected chi connectivity index (χ0v) is 21.9. The number of aromatic nitrogens is 1. The lowest BCUT2D eigenvalue weighted by Gasteiger charge is -2.31. The molecular weight excluding hydrogens is 488 g/mol. The van der Waals surface area contributed by atoms with Crippen LogP contribution in [0, 0.1) is 0 Å². The Morgan fingerprint density at radius 1 is 1.14 bits per heavy atom. The standard InChI is InChI=1S/C29H31ClN4O3/c1-33-14-11-21(12-15-33)31-29(36)28-22-5-3-4-6-24(22)32-25-13-16-34(18-23(25)28)27(35)10-7-19-17-20(30)8-9-26(19)37-2/h3-10,17,21H,11-16,18H2,1-2H3,(H,31,36). The van der Waals surface area contributed by atoms with Gasteiger partial charge in [-0.1, -0.05) is 29.8 Å². The maximum Gasteiger partial charge on any atom is 0.252 e. The van der Waals surface area contributed by atoms with E-state index in [9.17, 15) is 9.59 Å². The van der Waals surface area contributed by atoms with Gasteiger partial charge < -0.3 is 19.9 Å². The molecule has 8 heteroatoms. The van der Waals surface area contributed by atoms with E-state index in [0.717, 1.165) is 53.7 Å². The van der Waals surface area contributed by atoms with Crippen molar-refractivity contribution in [3.8, 4) is 5.75 Å². The van der Waals surface area contributed by atoms with Gasteiger partial charge in [-0.3, -0.25) is 14.6 Å². The highest BCUT2D eigenvalue weighted by Gasteiger charge is 2.29. The summed E-state index contributed by atoms with van der Waals surface area (Å²) in [6.45, 7) is 2.79. The van der Waals surface area contributed by atoms with Crippen LogP contribution in [-0.2, 0) is 17.8 Å². The van der Waals surface area contributed by atoms with Crippen LogP contribution in [0.5, 0.6) is 5.75 Å². The van der Waals surface area contributed by atoms with E-state index in [2.05, 4.69) is 17.3 Å². The molecule has 3 aromatic rings. The van der Waals surface area contributed by atoms with Gasteiger partial charge in [0.25, 0.3) is 5.91 Å². The maximum atomic E-state index is 13.7. The fourth-order valence-electron chi connectivity index (χ4n) is 5.15. The third kappa shape index (κ3) is 5.48. The second kappa shape index (κ2) is 10.9. The first-order valence-corrected chi connectivity index (χ1v) is 13.0. The summed E-state index contributed by atoms with van der Waals surface area (Å²) in [7, 11) is 3.69. The van der Waals surface area contributed by atoms with Gasteiger partial charge in [0.05, 0.1) is 18.2 Å². The summed E-state index contributed by atoms with van der Waals surface area (Å²) >= 11 is 6.13. The van der Waals surface area contributed by atoms with Crippen LogP contribution in [0.25, 0.3) is 17.0 Å². The molecule has 0 radical (unpaired) electrons. The number of fused-ring (bicyclic) bond motifs is 2. The van der Waals surface area contributed by atoms with Gasteiger partial charge in [0.1, 0.15) is 5.75 Å². The van der Waals surface area contributed by atoms with Gasteiger partial charge in [-0.2, -0.15) is 0 Å². The molecule has 3 heterocycles. The van der Waals surface area contributed by atoms with Gasteiger partial charge in [-0.25, -0.2) is 0 Å². The number of ether oxygens (including phenoxy) is 1. The van der Waals surface area contributed by atoms with Crippen molar-refractivity contribution in [2.75, 3.05) is 33.8 Å². The minimum Gasteiger partial charge on any atom is -0.496 e. The van der Waals surface area contributed by atoms with Crippen LogP contribution in [0.4, 0.5) is 0 Å². The zero-order chi connectivity index (χ0) is 25.9. The number of nitrogens with zero attached hydrogens (tertiary/aromatic N) is 3. The SMILES string of the molecule is COc1ccc(Cl)cc1C=CC(=O)N1CCc2nc3ccccc3c(C(=O)NC3CCN(C)CC3)c2C1. The Balaban J connectivity index is 1.42. The molecule has 0 spiro atoms.